The van der Waals surface area contributed by atoms with Gasteiger partial charge < -0.3 is 20.6 Å². The lowest BCUT2D eigenvalue weighted by Crippen LogP contribution is -2.56. The van der Waals surface area contributed by atoms with E-state index in [4.69, 9.17) is 0 Å². The molecular weight excluding hydrogens is 438 g/mol. The molecule has 0 saturated carbocycles. The maximum absolute atomic E-state index is 13.8. The molecule has 6 atom stereocenters. The van der Waals surface area contributed by atoms with Gasteiger partial charge in [-0.15, -0.1) is 11.8 Å². The van der Waals surface area contributed by atoms with Crippen LogP contribution < -0.4 is 10.6 Å². The van der Waals surface area contributed by atoms with Gasteiger partial charge in [-0.25, -0.2) is 0 Å². The summed E-state index contributed by atoms with van der Waals surface area (Å²) in [4.78, 5) is 42.3. The monoisotopic (exact) mass is 473 g/mol. The second-order valence-electron chi connectivity index (χ2n) is 9.85. The van der Waals surface area contributed by atoms with E-state index in [-0.39, 0.29) is 24.3 Å². The van der Waals surface area contributed by atoms with E-state index in [1.54, 1.807) is 23.6 Å². The van der Waals surface area contributed by atoms with Gasteiger partial charge in [-0.05, 0) is 38.7 Å². The van der Waals surface area contributed by atoms with Crippen molar-refractivity contribution in [1.82, 2.24) is 15.5 Å². The van der Waals surface area contributed by atoms with Gasteiger partial charge in [0, 0.05) is 17.8 Å². The highest BCUT2D eigenvalue weighted by Gasteiger charge is 2.77. The zero-order chi connectivity index (χ0) is 23.8. The number of hydrogen-bond donors (Lipinski definition) is 3. The third-order valence-corrected chi connectivity index (χ3v) is 9.61. The highest BCUT2D eigenvalue weighted by Crippen LogP contribution is 2.71. The number of benzene rings is 1. The zero-order valence-corrected chi connectivity index (χ0v) is 20.5. The summed E-state index contributed by atoms with van der Waals surface area (Å²) in [7, 11) is 0. The van der Waals surface area contributed by atoms with E-state index in [9.17, 15) is 19.5 Å². The van der Waals surface area contributed by atoms with Crippen LogP contribution in [0.2, 0.25) is 0 Å². The summed E-state index contributed by atoms with van der Waals surface area (Å²) in [6.45, 7) is 6.64. The normalized spacial score (nSPS) is 33.2. The quantitative estimate of drug-likeness (QED) is 0.477. The first-order chi connectivity index (χ1) is 15.8. The number of fused-ring (bicyclic) bond motifs is 1. The molecule has 3 N–H and O–H groups in total. The van der Waals surface area contributed by atoms with E-state index in [2.05, 4.69) is 24.5 Å². The van der Waals surface area contributed by atoms with Crippen LogP contribution in [0.15, 0.2) is 30.3 Å². The van der Waals surface area contributed by atoms with Crippen LogP contribution in [0, 0.1) is 11.8 Å². The minimum atomic E-state index is -0.673. The molecule has 3 fully saturated rings. The second kappa shape index (κ2) is 9.29. The number of unbranched alkanes of at least 4 members (excludes halogenated alkanes) is 1. The Kier molecular flexibility index (Phi) is 6.78. The molecule has 2 unspecified atom stereocenters. The number of hydrogen-bond acceptors (Lipinski definition) is 5. The van der Waals surface area contributed by atoms with Crippen molar-refractivity contribution in [3.05, 3.63) is 35.9 Å². The predicted molar refractivity (Wildman–Crippen MR) is 128 cm³/mol. The van der Waals surface area contributed by atoms with Crippen molar-refractivity contribution in [2.75, 3.05) is 13.2 Å². The van der Waals surface area contributed by atoms with Crippen molar-refractivity contribution in [3.63, 3.8) is 0 Å². The van der Waals surface area contributed by atoms with Gasteiger partial charge in [0.1, 0.15) is 6.04 Å². The first-order valence-corrected chi connectivity index (χ1v) is 12.8. The molecule has 3 amide bonds. The third kappa shape index (κ3) is 3.95. The van der Waals surface area contributed by atoms with Crippen LogP contribution in [0.3, 0.4) is 0 Å². The van der Waals surface area contributed by atoms with Crippen LogP contribution in [0.4, 0.5) is 0 Å². The van der Waals surface area contributed by atoms with Crippen LogP contribution in [0.5, 0.6) is 0 Å². The van der Waals surface area contributed by atoms with Crippen LogP contribution in [0.1, 0.15) is 52.0 Å². The fourth-order valence-electron chi connectivity index (χ4n) is 6.01. The summed E-state index contributed by atoms with van der Waals surface area (Å²) in [6.07, 6.45) is 3.33. The van der Waals surface area contributed by atoms with Crippen LogP contribution in [0.25, 0.3) is 0 Å². The summed E-state index contributed by atoms with van der Waals surface area (Å²) < 4.78 is -1.03. The van der Waals surface area contributed by atoms with Crippen LogP contribution in [-0.4, -0.2) is 62.5 Å². The van der Waals surface area contributed by atoms with Crippen molar-refractivity contribution in [1.29, 1.82) is 0 Å². The van der Waals surface area contributed by atoms with Crippen molar-refractivity contribution in [2.24, 2.45) is 11.8 Å². The molecule has 2 bridgehead atoms. The minimum absolute atomic E-state index is 0.127. The number of carbonyl (C=O) groups excluding carboxylic acids is 3. The average Bonchev–Trinajstić information content (AvgIpc) is 3.38. The Morgan fingerprint density at radius 1 is 1.21 bits per heavy atom. The molecule has 3 aliphatic rings. The summed E-state index contributed by atoms with van der Waals surface area (Å²) in [5.74, 6) is -1.54. The molecule has 4 rings (SSSR count). The molecule has 0 aromatic heterocycles. The lowest BCUT2D eigenvalue weighted by molar-refractivity contribution is -0.143. The summed E-state index contributed by atoms with van der Waals surface area (Å²) in [5.41, 5.74) is 1.00. The number of amides is 3. The Labute approximate surface area is 200 Å². The largest absolute Gasteiger partial charge is 0.394 e. The molecule has 3 heterocycles. The molecule has 0 aliphatic carbocycles. The zero-order valence-electron chi connectivity index (χ0n) is 19.7. The molecule has 1 aromatic carbocycles. The number of likely N-dealkylation sites (tertiary alicyclic amines) is 1. The maximum Gasteiger partial charge on any atom is 0.244 e. The van der Waals surface area contributed by atoms with Crippen molar-refractivity contribution in [3.8, 4) is 0 Å². The molecule has 0 radical (unpaired) electrons. The summed E-state index contributed by atoms with van der Waals surface area (Å²) in [5, 5.41) is 16.0. The average molecular weight is 474 g/mol. The number of rotatable bonds is 9. The Morgan fingerprint density at radius 3 is 2.61 bits per heavy atom. The Balaban J connectivity index is 1.63. The fourth-order valence-corrected chi connectivity index (χ4v) is 8.35. The summed E-state index contributed by atoms with van der Waals surface area (Å²) >= 11 is 1.66. The molecule has 33 heavy (non-hydrogen) atoms. The van der Waals surface area contributed by atoms with E-state index in [1.165, 1.54) is 0 Å². The molecule has 3 saturated heterocycles. The highest BCUT2D eigenvalue weighted by molar-refractivity contribution is 8.02. The van der Waals surface area contributed by atoms with Gasteiger partial charge in [0.2, 0.25) is 17.7 Å². The highest BCUT2D eigenvalue weighted by atomic mass is 32.2. The molecule has 3 aliphatic heterocycles. The summed E-state index contributed by atoms with van der Waals surface area (Å²) in [6, 6.07) is 8.56. The number of aliphatic hydroxyl groups excluding tert-OH is 1. The Morgan fingerprint density at radius 2 is 1.94 bits per heavy atom. The first-order valence-electron chi connectivity index (χ1n) is 12.0. The SMILES string of the molecule is CCCCNC(=O)C1N([C@H](C)CO)C(=O)[C@@H]2[C@@H](C(=O)NCc3ccccc3)[C@@]3(C)CCC12S3. The van der Waals surface area contributed by atoms with Crippen molar-refractivity contribution >= 4 is 29.5 Å². The Bertz CT molecular complexity index is 912. The van der Waals surface area contributed by atoms with Gasteiger partial charge in [-0.2, -0.15) is 0 Å². The van der Waals surface area contributed by atoms with Gasteiger partial charge in [0.25, 0.3) is 0 Å². The molecule has 8 heteroatoms. The number of nitrogens with one attached hydrogen (secondary N) is 2. The predicted octanol–water partition coefficient (Wildman–Crippen LogP) is 2.08. The van der Waals surface area contributed by atoms with Gasteiger partial charge in [0.05, 0.1) is 29.2 Å². The molecular formula is C25H35N3O4S. The fraction of sp³-hybridized carbons (Fsp3) is 0.640. The topological polar surface area (TPSA) is 98.7 Å². The molecule has 180 valence electrons. The van der Waals surface area contributed by atoms with Crippen LogP contribution >= 0.6 is 11.8 Å². The number of thioether (sulfide) groups is 1. The van der Waals surface area contributed by atoms with Crippen molar-refractivity contribution < 1.29 is 19.5 Å². The lowest BCUT2D eigenvalue weighted by atomic mass is 9.66. The molecule has 1 spiro atoms. The van der Waals surface area contributed by atoms with E-state index in [0.717, 1.165) is 24.8 Å². The van der Waals surface area contributed by atoms with Gasteiger partial charge >= 0.3 is 0 Å². The molecule has 7 nitrogen and oxygen atoms in total. The minimum Gasteiger partial charge on any atom is -0.394 e. The number of aliphatic hydroxyl groups is 1. The maximum atomic E-state index is 13.8. The standard InChI is InChI=1S/C25H35N3O4S/c1-4-5-13-26-22(31)20-25-12-11-24(3,33-25)18(19(25)23(32)28(20)16(2)15-29)21(30)27-14-17-9-7-6-8-10-17/h6-10,16,18-20,29H,4-5,11-15H2,1-3H3,(H,26,31)(H,27,30)/t16-,18+,19+,20?,24-,25?/m1/s1. The van der Waals surface area contributed by atoms with E-state index in [0.29, 0.717) is 19.5 Å². The number of nitrogens with zero attached hydrogens (tertiary/aromatic N) is 1. The Hall–Kier alpha value is -2.06. The lowest BCUT2D eigenvalue weighted by Gasteiger charge is -2.36. The second-order valence-corrected chi connectivity index (χ2v) is 11.7. The van der Waals surface area contributed by atoms with E-state index >= 15 is 0 Å². The van der Waals surface area contributed by atoms with E-state index in [1.807, 2.05) is 30.3 Å². The van der Waals surface area contributed by atoms with Gasteiger partial charge in [-0.3, -0.25) is 14.4 Å². The first kappa shape index (κ1) is 24.1. The third-order valence-electron chi connectivity index (χ3n) is 7.62. The van der Waals surface area contributed by atoms with Crippen molar-refractivity contribution in [2.45, 2.75) is 74.6 Å². The van der Waals surface area contributed by atoms with Gasteiger partial charge in [0.15, 0.2) is 0 Å². The smallest absolute Gasteiger partial charge is 0.244 e. The van der Waals surface area contributed by atoms with Gasteiger partial charge in [-0.1, -0.05) is 43.7 Å². The van der Waals surface area contributed by atoms with E-state index < -0.39 is 33.4 Å². The molecule has 1 aromatic rings. The number of carbonyl (C=O) groups is 3. The van der Waals surface area contributed by atoms with Crippen LogP contribution in [-0.2, 0) is 20.9 Å².